The largest absolute Gasteiger partial charge is 0.497 e. The summed E-state index contributed by atoms with van der Waals surface area (Å²) in [6.45, 7) is 2.04. The van der Waals surface area contributed by atoms with Gasteiger partial charge in [0, 0.05) is 35.1 Å². The van der Waals surface area contributed by atoms with Crippen molar-refractivity contribution in [3.05, 3.63) is 53.7 Å². The second-order valence-corrected chi connectivity index (χ2v) is 5.50. The molecule has 0 atom stereocenters. The van der Waals surface area contributed by atoms with Crippen LogP contribution in [0, 0.1) is 6.92 Å². The quantitative estimate of drug-likeness (QED) is 0.781. The van der Waals surface area contributed by atoms with Crippen molar-refractivity contribution in [3.8, 4) is 17.0 Å². The number of aromatic nitrogens is 2. The molecule has 2 heterocycles. The van der Waals surface area contributed by atoms with Crippen molar-refractivity contribution in [2.75, 3.05) is 12.4 Å². The average molecular weight is 297 g/mol. The fourth-order valence-electron chi connectivity index (χ4n) is 2.05. The third-order valence-corrected chi connectivity index (χ3v) is 3.78. The Morgan fingerprint density at radius 1 is 1.14 bits per heavy atom. The van der Waals surface area contributed by atoms with Crippen LogP contribution in [0.3, 0.4) is 0 Å². The van der Waals surface area contributed by atoms with Crippen LogP contribution in [0.15, 0.2) is 48.1 Å². The van der Waals surface area contributed by atoms with E-state index in [9.17, 15) is 0 Å². The summed E-state index contributed by atoms with van der Waals surface area (Å²) in [6.07, 6.45) is 3.54. The molecule has 0 aliphatic rings. The summed E-state index contributed by atoms with van der Waals surface area (Å²) in [5, 5.41) is 6.21. The van der Waals surface area contributed by atoms with E-state index in [1.165, 1.54) is 0 Å². The predicted molar refractivity (Wildman–Crippen MR) is 86.4 cm³/mol. The predicted octanol–water partition coefficient (Wildman–Crippen LogP) is 4.27. The van der Waals surface area contributed by atoms with Crippen molar-refractivity contribution >= 4 is 22.2 Å². The lowest BCUT2D eigenvalue weighted by atomic mass is 10.2. The van der Waals surface area contributed by atoms with Crippen LogP contribution in [0.5, 0.6) is 5.75 Å². The monoisotopic (exact) mass is 297 g/mol. The molecular weight excluding hydrogens is 282 g/mol. The summed E-state index contributed by atoms with van der Waals surface area (Å²) in [7, 11) is 1.67. The Bertz CT molecular complexity index is 740. The number of pyridine rings is 1. The molecule has 0 fully saturated rings. The lowest BCUT2D eigenvalue weighted by Gasteiger charge is -2.07. The van der Waals surface area contributed by atoms with E-state index in [1.807, 2.05) is 36.6 Å². The molecule has 0 aliphatic heterocycles. The highest BCUT2D eigenvalue weighted by molar-refractivity contribution is 7.14. The molecular formula is C16H15N3OS. The van der Waals surface area contributed by atoms with Gasteiger partial charge in [-0.2, -0.15) is 0 Å². The van der Waals surface area contributed by atoms with Crippen LogP contribution in [-0.2, 0) is 0 Å². The summed E-state index contributed by atoms with van der Waals surface area (Å²) < 4.78 is 5.28. The number of benzene rings is 1. The van der Waals surface area contributed by atoms with Crippen molar-refractivity contribution in [2.24, 2.45) is 0 Å². The van der Waals surface area contributed by atoms with E-state index in [-0.39, 0.29) is 0 Å². The Morgan fingerprint density at radius 3 is 2.71 bits per heavy atom. The first-order valence-electron chi connectivity index (χ1n) is 6.53. The molecule has 3 rings (SSSR count). The maximum Gasteiger partial charge on any atom is 0.187 e. The molecule has 106 valence electrons. The SMILES string of the molecule is COc1cc(C)cc(Nc2nc(-c3ccncc3)cs2)c1. The van der Waals surface area contributed by atoms with Gasteiger partial charge in [-0.15, -0.1) is 11.3 Å². The molecule has 2 aromatic heterocycles. The Labute approximate surface area is 127 Å². The molecule has 0 unspecified atom stereocenters. The molecule has 3 aromatic rings. The van der Waals surface area contributed by atoms with Crippen LogP contribution in [-0.4, -0.2) is 17.1 Å². The summed E-state index contributed by atoms with van der Waals surface area (Å²) in [4.78, 5) is 8.62. The second-order valence-electron chi connectivity index (χ2n) is 4.64. The lowest BCUT2D eigenvalue weighted by Crippen LogP contribution is -1.92. The number of nitrogens with zero attached hydrogens (tertiary/aromatic N) is 2. The van der Waals surface area contributed by atoms with Crippen molar-refractivity contribution < 1.29 is 4.74 Å². The number of hydrogen-bond acceptors (Lipinski definition) is 5. The van der Waals surface area contributed by atoms with Gasteiger partial charge in [-0.05, 0) is 36.8 Å². The molecule has 1 aromatic carbocycles. The highest BCUT2D eigenvalue weighted by Gasteiger charge is 2.05. The highest BCUT2D eigenvalue weighted by Crippen LogP contribution is 2.28. The molecule has 0 radical (unpaired) electrons. The van der Waals surface area contributed by atoms with E-state index < -0.39 is 0 Å². The molecule has 1 N–H and O–H groups in total. The molecule has 21 heavy (non-hydrogen) atoms. The van der Waals surface area contributed by atoms with Crippen molar-refractivity contribution in [1.29, 1.82) is 0 Å². The number of nitrogens with one attached hydrogen (secondary N) is 1. The number of rotatable bonds is 4. The summed E-state index contributed by atoms with van der Waals surface area (Å²) in [6, 6.07) is 9.93. The third kappa shape index (κ3) is 3.20. The minimum atomic E-state index is 0.836. The topological polar surface area (TPSA) is 47.0 Å². The highest BCUT2D eigenvalue weighted by atomic mass is 32.1. The van der Waals surface area contributed by atoms with E-state index in [1.54, 1.807) is 30.8 Å². The first-order chi connectivity index (χ1) is 10.2. The van der Waals surface area contributed by atoms with Gasteiger partial charge in [0.05, 0.1) is 12.8 Å². The average Bonchev–Trinajstić information content (AvgIpc) is 2.96. The van der Waals surface area contributed by atoms with Crippen molar-refractivity contribution in [3.63, 3.8) is 0 Å². The van der Waals surface area contributed by atoms with Crippen molar-refractivity contribution in [1.82, 2.24) is 9.97 Å². The number of methoxy groups -OCH3 is 1. The van der Waals surface area contributed by atoms with Gasteiger partial charge in [0.2, 0.25) is 0 Å². The van der Waals surface area contributed by atoms with Crippen molar-refractivity contribution in [2.45, 2.75) is 6.92 Å². The summed E-state index contributed by atoms with van der Waals surface area (Å²) >= 11 is 1.58. The molecule has 0 spiro atoms. The summed E-state index contributed by atoms with van der Waals surface area (Å²) in [5.74, 6) is 0.836. The van der Waals surface area contributed by atoms with E-state index in [0.29, 0.717) is 0 Å². The number of anilines is 2. The van der Waals surface area contributed by atoms with E-state index in [0.717, 1.165) is 33.4 Å². The first kappa shape index (κ1) is 13.6. The zero-order valence-corrected chi connectivity index (χ0v) is 12.6. The normalized spacial score (nSPS) is 10.4. The van der Waals surface area contributed by atoms with Gasteiger partial charge < -0.3 is 10.1 Å². The molecule has 0 aliphatic carbocycles. The van der Waals surface area contributed by atoms with Gasteiger partial charge in [0.1, 0.15) is 5.75 Å². The van der Waals surface area contributed by atoms with Gasteiger partial charge in [-0.25, -0.2) is 4.98 Å². The van der Waals surface area contributed by atoms with Gasteiger partial charge in [-0.3, -0.25) is 4.98 Å². The summed E-state index contributed by atoms with van der Waals surface area (Å²) in [5.41, 5.74) is 4.13. The Hall–Kier alpha value is -2.40. The van der Waals surface area contributed by atoms with Gasteiger partial charge >= 0.3 is 0 Å². The number of hydrogen-bond donors (Lipinski definition) is 1. The smallest absolute Gasteiger partial charge is 0.187 e. The standard InChI is InChI=1S/C16H15N3OS/c1-11-7-13(9-14(8-11)20-2)18-16-19-15(10-21-16)12-3-5-17-6-4-12/h3-10H,1-2H3,(H,18,19). The molecule has 5 heteroatoms. The van der Waals surface area contributed by atoms with Crippen LogP contribution < -0.4 is 10.1 Å². The molecule has 4 nitrogen and oxygen atoms in total. The maximum atomic E-state index is 5.28. The Morgan fingerprint density at radius 2 is 1.95 bits per heavy atom. The number of thiazole rings is 1. The van der Waals surface area contributed by atoms with Crippen LogP contribution in [0.4, 0.5) is 10.8 Å². The minimum Gasteiger partial charge on any atom is -0.497 e. The number of ether oxygens (including phenoxy) is 1. The van der Waals surface area contributed by atoms with Crippen LogP contribution in [0.2, 0.25) is 0 Å². The fourth-order valence-corrected chi connectivity index (χ4v) is 2.79. The van der Waals surface area contributed by atoms with Gasteiger partial charge in [0.25, 0.3) is 0 Å². The molecule has 0 amide bonds. The van der Waals surface area contributed by atoms with E-state index >= 15 is 0 Å². The zero-order valence-electron chi connectivity index (χ0n) is 11.8. The fraction of sp³-hybridized carbons (Fsp3) is 0.125. The second kappa shape index (κ2) is 5.93. The van der Waals surface area contributed by atoms with Crippen LogP contribution in [0.25, 0.3) is 11.3 Å². The zero-order chi connectivity index (χ0) is 14.7. The maximum absolute atomic E-state index is 5.28. The van der Waals surface area contributed by atoms with E-state index in [4.69, 9.17) is 4.74 Å². The van der Waals surface area contributed by atoms with Crippen LogP contribution >= 0.6 is 11.3 Å². The van der Waals surface area contributed by atoms with Gasteiger partial charge in [0.15, 0.2) is 5.13 Å². The molecule has 0 saturated carbocycles. The minimum absolute atomic E-state index is 0.836. The van der Waals surface area contributed by atoms with E-state index in [2.05, 4.69) is 21.4 Å². The third-order valence-electron chi connectivity index (χ3n) is 3.02. The van der Waals surface area contributed by atoms with Crippen LogP contribution in [0.1, 0.15) is 5.56 Å². The Kier molecular flexibility index (Phi) is 3.83. The lowest BCUT2D eigenvalue weighted by molar-refractivity contribution is 0.414. The number of aryl methyl sites for hydroxylation is 1. The van der Waals surface area contributed by atoms with Gasteiger partial charge in [-0.1, -0.05) is 0 Å². The first-order valence-corrected chi connectivity index (χ1v) is 7.41. The molecule has 0 bridgehead atoms. The molecule has 0 saturated heterocycles. The Balaban J connectivity index is 1.83.